The maximum atomic E-state index is 13.5. The number of hydrogen-bond donors (Lipinski definition) is 3. The minimum atomic E-state index is -1.40. The van der Waals surface area contributed by atoms with E-state index in [1.54, 1.807) is 19.1 Å². The van der Waals surface area contributed by atoms with E-state index in [1.807, 2.05) is 19.9 Å². The number of likely N-dealkylation sites (tertiary alicyclic amines) is 1. The molecule has 2 atom stereocenters. The number of amides is 5. The van der Waals surface area contributed by atoms with E-state index in [9.17, 15) is 33.9 Å². The Morgan fingerprint density at radius 3 is 2.43 bits per heavy atom. The van der Waals surface area contributed by atoms with Crippen LogP contribution in [0.15, 0.2) is 24.3 Å². The summed E-state index contributed by atoms with van der Waals surface area (Å²) in [6.07, 6.45) is 0.857. The van der Waals surface area contributed by atoms with Crippen molar-refractivity contribution >= 4 is 46.6 Å². The minimum Gasteiger partial charge on any atom is -0.483 e. The fourth-order valence-corrected chi connectivity index (χ4v) is 5.62. The maximum Gasteiger partial charge on any atom is 0.409 e. The fourth-order valence-electron chi connectivity index (χ4n) is 5.62. The van der Waals surface area contributed by atoms with Crippen molar-refractivity contribution in [3.05, 3.63) is 35.5 Å². The Bertz CT molecular complexity index is 1510. The lowest BCUT2D eigenvalue weighted by Gasteiger charge is -2.35. The van der Waals surface area contributed by atoms with Crippen LogP contribution in [0.2, 0.25) is 0 Å². The van der Waals surface area contributed by atoms with Gasteiger partial charge in [-0.25, -0.2) is 9.78 Å². The molecule has 3 heterocycles. The Hall–Kier alpha value is -4.95. The van der Waals surface area contributed by atoms with Crippen LogP contribution in [0.1, 0.15) is 55.6 Å². The van der Waals surface area contributed by atoms with Gasteiger partial charge in [-0.15, -0.1) is 0 Å². The number of aryl methyl sites for hydroxylation is 1. The molecule has 2 fully saturated rings. The quantitative estimate of drug-likeness (QED) is 0.301. The second-order valence-corrected chi connectivity index (χ2v) is 11.5. The molecule has 0 spiro atoms. The van der Waals surface area contributed by atoms with Crippen molar-refractivity contribution in [2.24, 2.45) is 0 Å². The number of carboxylic acid groups (broad SMARTS) is 1. The zero-order chi connectivity index (χ0) is 34.1. The lowest BCUT2D eigenvalue weighted by molar-refractivity contribution is -0.143. The van der Waals surface area contributed by atoms with E-state index in [2.05, 4.69) is 15.6 Å². The largest absolute Gasteiger partial charge is 0.483 e. The van der Waals surface area contributed by atoms with Gasteiger partial charge in [0.1, 0.15) is 23.5 Å². The summed E-state index contributed by atoms with van der Waals surface area (Å²) < 4.78 is 10.9. The topological polar surface area (TPSA) is 188 Å². The molecule has 0 bridgehead atoms. The van der Waals surface area contributed by atoms with Gasteiger partial charge in [-0.1, -0.05) is 13.0 Å². The number of pyridine rings is 1. The van der Waals surface area contributed by atoms with E-state index in [-0.39, 0.29) is 62.7 Å². The first kappa shape index (κ1) is 34.9. The van der Waals surface area contributed by atoms with Crippen LogP contribution in [-0.4, -0.2) is 125 Å². The summed E-state index contributed by atoms with van der Waals surface area (Å²) in [4.78, 5) is 85.1. The van der Waals surface area contributed by atoms with Crippen molar-refractivity contribution in [1.82, 2.24) is 30.3 Å². The molecule has 254 valence electrons. The summed E-state index contributed by atoms with van der Waals surface area (Å²) in [7, 11) is 0. The lowest BCUT2D eigenvalue weighted by atomic mass is 10.1. The van der Waals surface area contributed by atoms with Gasteiger partial charge in [-0.05, 0) is 50.8 Å². The molecule has 4 rings (SSSR count). The number of piperazine rings is 1. The molecule has 0 saturated carbocycles. The normalized spacial score (nSPS) is 16.8. The summed E-state index contributed by atoms with van der Waals surface area (Å²) in [5.41, 5.74) is 1.11. The number of hydrogen-bond acceptors (Lipinski definition) is 9. The number of carbonyl (C=O) groups is 6. The number of fused-ring (bicyclic) bond motifs is 1. The molecule has 47 heavy (non-hydrogen) atoms. The zero-order valence-electron chi connectivity index (χ0n) is 27.0. The summed E-state index contributed by atoms with van der Waals surface area (Å²) in [5, 5.41) is 15.4. The SMILES string of the molecule is CCCNC(=O)[C@@H]1CCCN1C(=O)COc1cc(C(=O)N[C@@H](CC(=O)O)C(=O)N2CCN(C(=O)OCC)CC2)nc2cc(C)ccc12. The van der Waals surface area contributed by atoms with Crippen LogP contribution >= 0.6 is 0 Å². The number of nitrogens with one attached hydrogen (secondary N) is 2. The standard InChI is InChI=1S/C32H42N6O9/c1-4-10-33-30(43)25-7-6-11-38(25)27(39)19-47-26-17-23(34-22-16-20(3)8-9-21(22)26)29(42)35-24(18-28(40)41)31(44)36-12-14-37(15-13-36)32(45)46-5-2/h8-9,16-17,24-25H,4-7,10-15,18-19H2,1-3H3,(H,33,43)(H,35,42)(H,40,41)/t24-,25-/m0/s1. The molecule has 2 aromatic rings. The minimum absolute atomic E-state index is 0.140. The van der Waals surface area contributed by atoms with Crippen molar-refractivity contribution in [2.75, 3.05) is 52.5 Å². The highest BCUT2D eigenvalue weighted by Gasteiger charge is 2.35. The molecule has 3 N–H and O–H groups in total. The average molecular weight is 655 g/mol. The van der Waals surface area contributed by atoms with Crippen molar-refractivity contribution < 1.29 is 43.3 Å². The van der Waals surface area contributed by atoms with Gasteiger partial charge in [0.2, 0.25) is 11.8 Å². The number of ether oxygens (including phenoxy) is 2. The average Bonchev–Trinajstić information content (AvgIpc) is 3.55. The van der Waals surface area contributed by atoms with Gasteiger partial charge in [0.25, 0.3) is 11.8 Å². The Morgan fingerprint density at radius 2 is 1.74 bits per heavy atom. The van der Waals surface area contributed by atoms with Crippen molar-refractivity contribution in [3.63, 3.8) is 0 Å². The van der Waals surface area contributed by atoms with Crippen molar-refractivity contribution in [3.8, 4) is 5.75 Å². The number of carbonyl (C=O) groups excluding carboxylic acids is 5. The van der Waals surface area contributed by atoms with Crippen molar-refractivity contribution in [1.29, 1.82) is 0 Å². The first-order valence-corrected chi connectivity index (χ1v) is 15.9. The van der Waals surface area contributed by atoms with Gasteiger partial charge in [0.15, 0.2) is 6.61 Å². The Labute approximate surface area is 272 Å². The van der Waals surface area contributed by atoms with Crippen LogP contribution in [0.4, 0.5) is 4.79 Å². The molecular formula is C32H42N6O9. The highest BCUT2D eigenvalue weighted by Crippen LogP contribution is 2.27. The van der Waals surface area contributed by atoms with Gasteiger partial charge in [-0.3, -0.25) is 24.0 Å². The molecule has 2 aliphatic heterocycles. The van der Waals surface area contributed by atoms with E-state index < -0.39 is 42.4 Å². The van der Waals surface area contributed by atoms with Crippen LogP contribution < -0.4 is 15.4 Å². The molecule has 15 nitrogen and oxygen atoms in total. The van der Waals surface area contributed by atoms with Gasteiger partial charge in [0.05, 0.1) is 18.5 Å². The Kier molecular flexibility index (Phi) is 11.9. The van der Waals surface area contributed by atoms with Gasteiger partial charge in [0, 0.05) is 50.7 Å². The van der Waals surface area contributed by atoms with E-state index in [0.29, 0.717) is 36.8 Å². The molecule has 5 amide bonds. The summed E-state index contributed by atoms with van der Waals surface area (Å²) in [6, 6.07) is 4.68. The molecule has 0 radical (unpaired) electrons. The smallest absolute Gasteiger partial charge is 0.409 e. The maximum absolute atomic E-state index is 13.5. The van der Waals surface area contributed by atoms with E-state index in [0.717, 1.165) is 12.0 Å². The first-order valence-electron chi connectivity index (χ1n) is 15.9. The van der Waals surface area contributed by atoms with Gasteiger partial charge in [-0.2, -0.15) is 0 Å². The van der Waals surface area contributed by atoms with Crippen LogP contribution in [0, 0.1) is 6.92 Å². The first-order chi connectivity index (χ1) is 22.5. The second-order valence-electron chi connectivity index (χ2n) is 11.5. The van der Waals surface area contributed by atoms with Crippen LogP contribution in [0.3, 0.4) is 0 Å². The number of rotatable bonds is 12. The van der Waals surface area contributed by atoms with E-state index in [1.165, 1.54) is 20.8 Å². The number of aliphatic carboxylic acids is 1. The molecule has 15 heteroatoms. The molecule has 2 aliphatic rings. The zero-order valence-corrected chi connectivity index (χ0v) is 27.0. The molecule has 0 unspecified atom stereocenters. The third-order valence-electron chi connectivity index (χ3n) is 8.04. The molecule has 0 aliphatic carbocycles. The van der Waals surface area contributed by atoms with Crippen LogP contribution in [0.5, 0.6) is 5.75 Å². The Balaban J connectivity index is 1.50. The van der Waals surface area contributed by atoms with Gasteiger partial charge >= 0.3 is 12.1 Å². The predicted octanol–water partition coefficient (Wildman–Crippen LogP) is 1.31. The number of nitrogens with zero attached hydrogens (tertiary/aromatic N) is 4. The molecule has 2 saturated heterocycles. The number of carboxylic acids is 1. The van der Waals surface area contributed by atoms with Crippen LogP contribution in [0.25, 0.3) is 10.9 Å². The summed E-state index contributed by atoms with van der Waals surface area (Å²) in [5.74, 6) is -3.09. The number of benzene rings is 1. The van der Waals surface area contributed by atoms with E-state index >= 15 is 0 Å². The van der Waals surface area contributed by atoms with Gasteiger partial charge < -0.3 is 39.9 Å². The van der Waals surface area contributed by atoms with Crippen LogP contribution in [-0.2, 0) is 23.9 Å². The summed E-state index contributed by atoms with van der Waals surface area (Å²) >= 11 is 0. The van der Waals surface area contributed by atoms with E-state index in [4.69, 9.17) is 9.47 Å². The summed E-state index contributed by atoms with van der Waals surface area (Å²) in [6.45, 7) is 6.94. The van der Waals surface area contributed by atoms with Crippen molar-refractivity contribution in [2.45, 2.75) is 58.5 Å². The highest BCUT2D eigenvalue weighted by atomic mass is 16.6. The monoisotopic (exact) mass is 654 g/mol. The third kappa shape index (κ3) is 8.86. The highest BCUT2D eigenvalue weighted by molar-refractivity contribution is 6.00. The number of aromatic nitrogens is 1. The predicted molar refractivity (Wildman–Crippen MR) is 169 cm³/mol. The fraction of sp³-hybridized carbons (Fsp3) is 0.531. The lowest BCUT2D eigenvalue weighted by Crippen LogP contribution is -2.56. The molecule has 1 aromatic carbocycles. The third-order valence-corrected chi connectivity index (χ3v) is 8.04. The molecular weight excluding hydrogens is 612 g/mol. The second kappa shape index (κ2) is 16.1. The molecule has 1 aromatic heterocycles. The Morgan fingerprint density at radius 1 is 1.02 bits per heavy atom.